The Morgan fingerprint density at radius 3 is 2.94 bits per heavy atom. The number of hydrogen-bond acceptors (Lipinski definition) is 4. The highest BCUT2D eigenvalue weighted by Gasteiger charge is 2.21. The normalized spacial score (nSPS) is 17.8. The molecule has 98 valence electrons. The first-order chi connectivity index (χ1) is 8.68. The second-order valence-corrected chi connectivity index (χ2v) is 4.90. The van der Waals surface area contributed by atoms with Crippen molar-refractivity contribution in [2.75, 3.05) is 0 Å². The summed E-state index contributed by atoms with van der Waals surface area (Å²) in [5, 5.41) is 12.4. The van der Waals surface area contributed by atoms with Gasteiger partial charge in [0.05, 0.1) is 5.69 Å². The summed E-state index contributed by atoms with van der Waals surface area (Å²) in [4.78, 5) is 18.8. The van der Waals surface area contributed by atoms with Crippen LogP contribution in [0.25, 0.3) is 0 Å². The lowest BCUT2D eigenvalue weighted by atomic mass is 10.00. The fraction of sp³-hybridized carbons (Fsp3) is 0.615. The molecule has 1 aromatic rings. The van der Waals surface area contributed by atoms with E-state index in [1.165, 1.54) is 38.2 Å². The Hall–Kier alpha value is -1.49. The molecule has 1 aliphatic rings. The van der Waals surface area contributed by atoms with Gasteiger partial charge in [0, 0.05) is 18.8 Å². The van der Waals surface area contributed by atoms with Crippen molar-refractivity contribution >= 4 is 5.97 Å². The molecule has 0 unspecified atom stereocenters. The molecule has 0 radical (unpaired) electrons. The molecule has 0 spiro atoms. The van der Waals surface area contributed by atoms with Crippen molar-refractivity contribution in [2.24, 2.45) is 5.92 Å². The van der Waals surface area contributed by atoms with Gasteiger partial charge in [-0.3, -0.25) is 0 Å². The summed E-state index contributed by atoms with van der Waals surface area (Å²) in [7, 11) is 0. The van der Waals surface area contributed by atoms with Crippen molar-refractivity contribution in [3.8, 4) is 0 Å². The van der Waals surface area contributed by atoms with Crippen LogP contribution in [0.5, 0.6) is 0 Å². The number of nitrogens with one attached hydrogen (secondary N) is 1. The van der Waals surface area contributed by atoms with Crippen LogP contribution in [0.3, 0.4) is 0 Å². The van der Waals surface area contributed by atoms with Crippen molar-refractivity contribution in [3.63, 3.8) is 0 Å². The summed E-state index contributed by atoms with van der Waals surface area (Å²) in [5.74, 6) is -0.263. The third-order valence-electron chi connectivity index (χ3n) is 3.72. The maximum absolute atomic E-state index is 11.0. The van der Waals surface area contributed by atoms with Gasteiger partial charge in [0.15, 0.2) is 0 Å². The van der Waals surface area contributed by atoms with E-state index >= 15 is 0 Å². The molecule has 1 atom stereocenters. The lowest BCUT2D eigenvalue weighted by Crippen LogP contribution is -2.32. The molecule has 5 nitrogen and oxygen atoms in total. The lowest BCUT2D eigenvalue weighted by Gasteiger charge is -2.20. The number of rotatable bonds is 5. The highest BCUT2D eigenvalue weighted by atomic mass is 16.4. The van der Waals surface area contributed by atoms with Crippen LogP contribution < -0.4 is 5.32 Å². The van der Waals surface area contributed by atoms with E-state index in [1.807, 2.05) is 0 Å². The predicted octanol–water partition coefficient (Wildman–Crippen LogP) is 1.84. The minimum atomic E-state index is -0.971. The SMILES string of the molecule is C[C@@H](NCc1ncncc1C(=O)O)C1CCCC1. The average Bonchev–Trinajstić information content (AvgIpc) is 2.90. The van der Waals surface area contributed by atoms with Gasteiger partial charge in [0.25, 0.3) is 0 Å². The first-order valence-electron chi connectivity index (χ1n) is 6.44. The lowest BCUT2D eigenvalue weighted by molar-refractivity contribution is 0.0694. The Kier molecular flexibility index (Phi) is 4.25. The zero-order chi connectivity index (χ0) is 13.0. The van der Waals surface area contributed by atoms with Crippen LogP contribution >= 0.6 is 0 Å². The Bertz CT molecular complexity index is 416. The Morgan fingerprint density at radius 1 is 1.56 bits per heavy atom. The molecule has 0 amide bonds. The molecule has 2 rings (SSSR count). The maximum atomic E-state index is 11.0. The van der Waals surface area contributed by atoms with Crippen molar-refractivity contribution < 1.29 is 9.90 Å². The summed E-state index contributed by atoms with van der Waals surface area (Å²) in [6.07, 6.45) is 7.90. The highest BCUT2D eigenvalue weighted by Crippen LogP contribution is 2.27. The van der Waals surface area contributed by atoms with Crippen LogP contribution in [0.4, 0.5) is 0 Å². The molecular weight excluding hydrogens is 230 g/mol. The fourth-order valence-electron chi connectivity index (χ4n) is 2.56. The number of carbonyl (C=O) groups is 1. The van der Waals surface area contributed by atoms with Crippen LogP contribution in [0.2, 0.25) is 0 Å². The van der Waals surface area contributed by atoms with Gasteiger partial charge in [-0.1, -0.05) is 12.8 Å². The van der Waals surface area contributed by atoms with E-state index in [2.05, 4.69) is 22.2 Å². The number of aromatic carboxylic acids is 1. The van der Waals surface area contributed by atoms with Gasteiger partial charge in [0.2, 0.25) is 0 Å². The number of hydrogen-bond donors (Lipinski definition) is 2. The number of carboxylic acid groups (broad SMARTS) is 1. The van der Waals surface area contributed by atoms with E-state index in [0.717, 1.165) is 0 Å². The Balaban J connectivity index is 1.95. The van der Waals surface area contributed by atoms with Crippen molar-refractivity contribution in [3.05, 3.63) is 23.8 Å². The Morgan fingerprint density at radius 2 is 2.28 bits per heavy atom. The molecule has 0 bridgehead atoms. The molecule has 2 N–H and O–H groups in total. The van der Waals surface area contributed by atoms with Gasteiger partial charge in [-0.2, -0.15) is 0 Å². The molecule has 1 aromatic heterocycles. The summed E-state index contributed by atoms with van der Waals surface area (Å²) >= 11 is 0. The topological polar surface area (TPSA) is 75.1 Å². The maximum Gasteiger partial charge on any atom is 0.339 e. The minimum Gasteiger partial charge on any atom is -0.478 e. The van der Waals surface area contributed by atoms with E-state index in [4.69, 9.17) is 5.11 Å². The standard InChI is InChI=1S/C13H19N3O2/c1-9(10-4-2-3-5-10)15-7-12-11(13(17)18)6-14-8-16-12/h6,8-10,15H,2-5,7H2,1H3,(H,17,18)/t9-/m1/s1. The van der Waals surface area contributed by atoms with Gasteiger partial charge in [0.1, 0.15) is 11.9 Å². The second kappa shape index (κ2) is 5.91. The molecule has 1 saturated carbocycles. The summed E-state index contributed by atoms with van der Waals surface area (Å²) in [6, 6.07) is 0.407. The van der Waals surface area contributed by atoms with Crippen molar-refractivity contribution in [1.29, 1.82) is 0 Å². The molecule has 18 heavy (non-hydrogen) atoms. The van der Waals surface area contributed by atoms with Crippen molar-refractivity contribution in [2.45, 2.75) is 45.2 Å². The number of aromatic nitrogens is 2. The van der Waals surface area contributed by atoms with Crippen LogP contribution in [0.1, 0.15) is 48.7 Å². The smallest absolute Gasteiger partial charge is 0.339 e. The predicted molar refractivity (Wildman–Crippen MR) is 67.3 cm³/mol. The summed E-state index contributed by atoms with van der Waals surface area (Å²) in [5.41, 5.74) is 0.742. The number of nitrogens with zero attached hydrogens (tertiary/aromatic N) is 2. The van der Waals surface area contributed by atoms with E-state index in [-0.39, 0.29) is 5.56 Å². The Labute approximate surface area is 107 Å². The third kappa shape index (κ3) is 3.04. The van der Waals surface area contributed by atoms with Crippen LogP contribution in [-0.4, -0.2) is 27.1 Å². The van der Waals surface area contributed by atoms with Crippen LogP contribution in [0, 0.1) is 5.92 Å². The molecule has 5 heteroatoms. The van der Waals surface area contributed by atoms with Gasteiger partial charge < -0.3 is 10.4 Å². The first-order valence-corrected chi connectivity index (χ1v) is 6.44. The second-order valence-electron chi connectivity index (χ2n) is 4.90. The molecule has 1 aliphatic carbocycles. The van der Waals surface area contributed by atoms with E-state index < -0.39 is 5.97 Å². The summed E-state index contributed by atoms with van der Waals surface area (Å²) in [6.45, 7) is 2.65. The third-order valence-corrected chi connectivity index (χ3v) is 3.72. The zero-order valence-corrected chi connectivity index (χ0v) is 10.6. The molecule has 0 saturated heterocycles. The quantitative estimate of drug-likeness (QED) is 0.832. The molecule has 1 fully saturated rings. The van der Waals surface area contributed by atoms with Gasteiger partial charge in [-0.05, 0) is 25.7 Å². The molecule has 0 aliphatic heterocycles. The van der Waals surface area contributed by atoms with Crippen LogP contribution in [0.15, 0.2) is 12.5 Å². The van der Waals surface area contributed by atoms with Gasteiger partial charge >= 0.3 is 5.97 Å². The molecular formula is C13H19N3O2. The van der Waals surface area contributed by atoms with E-state index in [0.29, 0.717) is 24.2 Å². The molecule has 1 heterocycles. The van der Waals surface area contributed by atoms with Crippen LogP contribution in [-0.2, 0) is 6.54 Å². The fourth-order valence-corrected chi connectivity index (χ4v) is 2.56. The van der Waals surface area contributed by atoms with Crippen molar-refractivity contribution in [1.82, 2.24) is 15.3 Å². The molecule has 0 aromatic carbocycles. The van der Waals surface area contributed by atoms with E-state index in [1.54, 1.807) is 0 Å². The first kappa shape index (κ1) is 13.0. The monoisotopic (exact) mass is 249 g/mol. The summed E-state index contributed by atoms with van der Waals surface area (Å²) < 4.78 is 0. The zero-order valence-electron chi connectivity index (χ0n) is 10.6. The van der Waals surface area contributed by atoms with Gasteiger partial charge in [-0.15, -0.1) is 0 Å². The minimum absolute atomic E-state index is 0.184. The van der Waals surface area contributed by atoms with Gasteiger partial charge in [-0.25, -0.2) is 14.8 Å². The highest BCUT2D eigenvalue weighted by molar-refractivity contribution is 5.88. The average molecular weight is 249 g/mol. The largest absolute Gasteiger partial charge is 0.478 e. The van der Waals surface area contributed by atoms with E-state index in [9.17, 15) is 4.79 Å². The number of carboxylic acids is 1.